The molecule has 1 unspecified atom stereocenters. The van der Waals surface area contributed by atoms with Gasteiger partial charge in [-0.3, -0.25) is 9.78 Å². The van der Waals surface area contributed by atoms with Gasteiger partial charge in [-0.05, 0) is 11.6 Å². The molecule has 94 valence electrons. The van der Waals surface area contributed by atoms with Gasteiger partial charge in [0, 0.05) is 38.4 Å². The van der Waals surface area contributed by atoms with Crippen LogP contribution in [-0.4, -0.2) is 35.4 Å². The van der Waals surface area contributed by atoms with Gasteiger partial charge in [0.25, 0.3) is 0 Å². The molecule has 0 saturated carbocycles. The van der Waals surface area contributed by atoms with E-state index in [1.54, 1.807) is 6.20 Å². The van der Waals surface area contributed by atoms with Gasteiger partial charge in [0.05, 0.1) is 6.04 Å². The fourth-order valence-electron chi connectivity index (χ4n) is 2.08. The Bertz CT molecular complexity index is 358. The number of pyridine rings is 1. The first-order valence-electron chi connectivity index (χ1n) is 5.73. The Kier molecular flexibility index (Phi) is 5.38. The third-order valence-corrected chi connectivity index (χ3v) is 2.94. The van der Waals surface area contributed by atoms with E-state index in [4.69, 9.17) is 0 Å². The minimum Gasteiger partial charge on any atom is -0.333 e. The number of hydrogen-bond donors (Lipinski definition) is 1. The number of aromatic nitrogens is 1. The van der Waals surface area contributed by atoms with Crippen molar-refractivity contribution in [2.24, 2.45) is 0 Å². The average molecular weight is 256 g/mol. The summed E-state index contributed by atoms with van der Waals surface area (Å²) in [5, 5.41) is 3.32. The summed E-state index contributed by atoms with van der Waals surface area (Å²) in [4.78, 5) is 17.9. The first-order valence-corrected chi connectivity index (χ1v) is 5.73. The molecule has 0 spiro atoms. The third kappa shape index (κ3) is 3.17. The lowest BCUT2D eigenvalue weighted by Gasteiger charge is -2.36. The van der Waals surface area contributed by atoms with Crippen molar-refractivity contribution < 1.29 is 4.79 Å². The molecule has 1 atom stereocenters. The Morgan fingerprint density at radius 2 is 2.47 bits per heavy atom. The van der Waals surface area contributed by atoms with E-state index in [2.05, 4.69) is 10.3 Å². The van der Waals surface area contributed by atoms with Crippen LogP contribution in [0.15, 0.2) is 24.5 Å². The van der Waals surface area contributed by atoms with Gasteiger partial charge in [0.15, 0.2) is 0 Å². The van der Waals surface area contributed by atoms with Gasteiger partial charge in [-0.1, -0.05) is 13.0 Å². The number of halogens is 1. The Morgan fingerprint density at radius 3 is 3.12 bits per heavy atom. The fraction of sp³-hybridized carbons (Fsp3) is 0.500. The van der Waals surface area contributed by atoms with Crippen LogP contribution in [0.1, 0.15) is 24.9 Å². The van der Waals surface area contributed by atoms with Crippen LogP contribution in [0, 0.1) is 0 Å². The molecule has 1 aliphatic rings. The van der Waals surface area contributed by atoms with Crippen LogP contribution in [0.3, 0.4) is 0 Å². The molecule has 1 fully saturated rings. The van der Waals surface area contributed by atoms with E-state index < -0.39 is 0 Å². The van der Waals surface area contributed by atoms with Gasteiger partial charge in [-0.25, -0.2) is 0 Å². The van der Waals surface area contributed by atoms with Gasteiger partial charge < -0.3 is 10.2 Å². The second-order valence-electron chi connectivity index (χ2n) is 3.95. The van der Waals surface area contributed by atoms with E-state index in [0.717, 1.165) is 25.2 Å². The number of piperazine rings is 1. The highest BCUT2D eigenvalue weighted by Gasteiger charge is 2.26. The van der Waals surface area contributed by atoms with Crippen LogP contribution < -0.4 is 5.32 Å². The first kappa shape index (κ1) is 13.9. The molecule has 1 amide bonds. The third-order valence-electron chi connectivity index (χ3n) is 2.94. The molecule has 5 heteroatoms. The van der Waals surface area contributed by atoms with Crippen LogP contribution in [0.2, 0.25) is 0 Å². The van der Waals surface area contributed by atoms with E-state index in [1.807, 2.05) is 30.2 Å². The largest absolute Gasteiger partial charge is 0.333 e. The van der Waals surface area contributed by atoms with E-state index in [0.29, 0.717) is 6.42 Å². The number of carbonyl (C=O) groups excluding carboxylic acids is 1. The molecule has 1 aliphatic heterocycles. The number of carbonyl (C=O) groups is 1. The average Bonchev–Trinajstić information content (AvgIpc) is 2.39. The number of nitrogens with one attached hydrogen (secondary N) is 1. The van der Waals surface area contributed by atoms with Crippen LogP contribution in [0.5, 0.6) is 0 Å². The van der Waals surface area contributed by atoms with E-state index in [9.17, 15) is 4.79 Å². The lowest BCUT2D eigenvalue weighted by atomic mass is 10.1. The maximum absolute atomic E-state index is 11.8. The van der Waals surface area contributed by atoms with Crippen molar-refractivity contribution in [3.8, 4) is 0 Å². The van der Waals surface area contributed by atoms with Crippen LogP contribution >= 0.6 is 12.4 Å². The zero-order chi connectivity index (χ0) is 11.4. The molecule has 0 aromatic carbocycles. The lowest BCUT2D eigenvalue weighted by molar-refractivity contribution is -0.134. The fourth-order valence-corrected chi connectivity index (χ4v) is 2.08. The summed E-state index contributed by atoms with van der Waals surface area (Å²) in [5.74, 6) is 0.218. The standard InChI is InChI=1S/C12H17N3O.ClH/c1-2-12(16)15-7-6-14-9-11(15)10-4-3-5-13-8-10;/h3-5,8,11,14H,2,6-7,9H2,1H3;1H. The highest BCUT2D eigenvalue weighted by atomic mass is 35.5. The zero-order valence-electron chi connectivity index (χ0n) is 9.93. The van der Waals surface area contributed by atoms with Gasteiger partial charge in [0.1, 0.15) is 0 Å². The monoisotopic (exact) mass is 255 g/mol. The van der Waals surface area contributed by atoms with Gasteiger partial charge >= 0.3 is 0 Å². The molecule has 0 bridgehead atoms. The van der Waals surface area contributed by atoms with Crippen molar-refractivity contribution in [1.29, 1.82) is 0 Å². The Balaban J connectivity index is 0.00000144. The smallest absolute Gasteiger partial charge is 0.222 e. The highest BCUT2D eigenvalue weighted by Crippen LogP contribution is 2.21. The first-order chi connectivity index (χ1) is 7.83. The Hall–Kier alpha value is -1.13. The summed E-state index contributed by atoms with van der Waals surface area (Å²) in [5.41, 5.74) is 1.11. The van der Waals surface area contributed by atoms with Crippen LogP contribution in [0.25, 0.3) is 0 Å². The molecule has 4 nitrogen and oxygen atoms in total. The zero-order valence-corrected chi connectivity index (χ0v) is 10.7. The molecule has 2 rings (SSSR count). The second-order valence-corrected chi connectivity index (χ2v) is 3.95. The summed E-state index contributed by atoms with van der Waals surface area (Å²) >= 11 is 0. The van der Waals surface area contributed by atoms with Crippen molar-refractivity contribution in [3.05, 3.63) is 30.1 Å². The lowest BCUT2D eigenvalue weighted by Crippen LogP contribution is -2.48. The van der Waals surface area contributed by atoms with E-state index in [1.165, 1.54) is 0 Å². The van der Waals surface area contributed by atoms with Crippen molar-refractivity contribution in [2.45, 2.75) is 19.4 Å². The van der Waals surface area contributed by atoms with Crippen molar-refractivity contribution in [3.63, 3.8) is 0 Å². The number of hydrogen-bond acceptors (Lipinski definition) is 3. The molecule has 0 aliphatic carbocycles. The molecular formula is C12H18ClN3O. The Labute approximate surface area is 108 Å². The van der Waals surface area contributed by atoms with Crippen molar-refractivity contribution >= 4 is 18.3 Å². The summed E-state index contributed by atoms with van der Waals surface area (Å²) in [6, 6.07) is 4.08. The molecule has 17 heavy (non-hydrogen) atoms. The normalized spacial score (nSPS) is 19.6. The molecular weight excluding hydrogens is 238 g/mol. The molecule has 2 heterocycles. The van der Waals surface area contributed by atoms with E-state index >= 15 is 0 Å². The van der Waals surface area contributed by atoms with E-state index in [-0.39, 0.29) is 24.4 Å². The summed E-state index contributed by atoms with van der Waals surface area (Å²) in [7, 11) is 0. The minimum absolute atomic E-state index is 0. The summed E-state index contributed by atoms with van der Waals surface area (Å²) < 4.78 is 0. The molecule has 1 aromatic rings. The molecule has 1 aromatic heterocycles. The molecule has 0 radical (unpaired) electrons. The summed E-state index contributed by atoms with van der Waals surface area (Å²) in [6.07, 6.45) is 4.16. The predicted molar refractivity (Wildman–Crippen MR) is 69.1 cm³/mol. The maximum Gasteiger partial charge on any atom is 0.222 e. The summed E-state index contributed by atoms with van der Waals surface area (Å²) in [6.45, 7) is 4.39. The minimum atomic E-state index is 0. The predicted octanol–water partition coefficient (Wildman–Crippen LogP) is 1.39. The second kappa shape index (κ2) is 6.57. The molecule has 1 saturated heterocycles. The van der Waals surface area contributed by atoms with Gasteiger partial charge in [0.2, 0.25) is 5.91 Å². The van der Waals surface area contributed by atoms with Crippen LogP contribution in [0.4, 0.5) is 0 Å². The SMILES string of the molecule is CCC(=O)N1CCNCC1c1cccnc1.Cl. The van der Waals surface area contributed by atoms with Gasteiger partial charge in [-0.2, -0.15) is 0 Å². The highest BCUT2D eigenvalue weighted by molar-refractivity contribution is 5.85. The van der Waals surface area contributed by atoms with Crippen LogP contribution in [-0.2, 0) is 4.79 Å². The topological polar surface area (TPSA) is 45.2 Å². The maximum atomic E-state index is 11.8. The van der Waals surface area contributed by atoms with Gasteiger partial charge in [-0.15, -0.1) is 12.4 Å². The van der Waals surface area contributed by atoms with Crippen molar-refractivity contribution in [1.82, 2.24) is 15.2 Å². The number of rotatable bonds is 2. The quantitative estimate of drug-likeness (QED) is 0.869. The number of amides is 1. The Morgan fingerprint density at radius 1 is 1.65 bits per heavy atom. The number of nitrogens with zero attached hydrogens (tertiary/aromatic N) is 2. The van der Waals surface area contributed by atoms with Crippen molar-refractivity contribution in [2.75, 3.05) is 19.6 Å². The molecule has 1 N–H and O–H groups in total.